The van der Waals surface area contributed by atoms with Crippen LogP contribution in [0.3, 0.4) is 0 Å². The first kappa shape index (κ1) is 28.8. The summed E-state index contributed by atoms with van der Waals surface area (Å²) >= 11 is 5.94. The van der Waals surface area contributed by atoms with Crippen molar-refractivity contribution < 1.29 is 28.2 Å². The first-order chi connectivity index (χ1) is 20.6. The number of ether oxygens (including phenoxy) is 2. The second-order valence-corrected chi connectivity index (χ2v) is 11.7. The largest absolute Gasteiger partial charge is 0.478 e. The van der Waals surface area contributed by atoms with Gasteiger partial charge in [-0.3, -0.25) is 0 Å². The lowest BCUT2D eigenvalue weighted by molar-refractivity contribution is 0.0697. The Bertz CT molecular complexity index is 1840. The summed E-state index contributed by atoms with van der Waals surface area (Å²) in [7, 11) is 0. The maximum Gasteiger partial charge on any atom is 0.335 e. The van der Waals surface area contributed by atoms with E-state index >= 15 is 8.78 Å². The molecule has 0 bridgehead atoms. The molecule has 2 aromatic heterocycles. The van der Waals surface area contributed by atoms with Gasteiger partial charge in [0.05, 0.1) is 41.5 Å². The van der Waals surface area contributed by atoms with Crippen LogP contribution in [0, 0.1) is 17.0 Å². The number of hydrogen-bond acceptors (Lipinski definition) is 5. The molecule has 220 valence electrons. The number of rotatable bonds is 8. The fraction of sp³-hybridized carbons (Fsp3) is 0.242. The molecule has 0 spiro atoms. The van der Waals surface area contributed by atoms with Crippen LogP contribution in [0.4, 0.5) is 8.78 Å². The van der Waals surface area contributed by atoms with Crippen LogP contribution >= 0.6 is 11.6 Å². The third kappa shape index (κ3) is 5.83. The topological polar surface area (TPSA) is 86.5 Å². The highest BCUT2D eigenvalue weighted by atomic mass is 35.5. The Kier molecular flexibility index (Phi) is 7.62. The lowest BCUT2D eigenvalue weighted by Gasteiger charge is -2.28. The number of nitrogens with zero attached hydrogens (tertiary/aromatic N) is 3. The van der Waals surface area contributed by atoms with Gasteiger partial charge >= 0.3 is 5.97 Å². The summed E-state index contributed by atoms with van der Waals surface area (Å²) in [6.07, 6.45) is -0.00955. The Morgan fingerprint density at radius 1 is 1.07 bits per heavy atom. The molecule has 0 aliphatic carbocycles. The Morgan fingerprint density at radius 3 is 2.58 bits per heavy atom. The van der Waals surface area contributed by atoms with E-state index in [1.807, 2.05) is 16.7 Å². The highest BCUT2D eigenvalue weighted by Crippen LogP contribution is 2.40. The smallest absolute Gasteiger partial charge is 0.335 e. The number of aromatic nitrogens is 3. The van der Waals surface area contributed by atoms with Crippen molar-refractivity contribution >= 4 is 28.6 Å². The molecule has 7 nitrogen and oxygen atoms in total. The van der Waals surface area contributed by atoms with Crippen molar-refractivity contribution in [1.82, 2.24) is 14.5 Å². The molecule has 1 aliphatic heterocycles. The fourth-order valence-corrected chi connectivity index (χ4v) is 5.53. The van der Waals surface area contributed by atoms with Gasteiger partial charge in [0.2, 0.25) is 5.88 Å². The first-order valence-corrected chi connectivity index (χ1v) is 14.1. The molecule has 43 heavy (non-hydrogen) atoms. The molecule has 1 aliphatic rings. The van der Waals surface area contributed by atoms with E-state index in [-0.39, 0.29) is 52.7 Å². The summed E-state index contributed by atoms with van der Waals surface area (Å²) in [5.74, 6) is -1.55. The maximum atomic E-state index is 15.6. The molecular weight excluding hydrogens is 576 g/mol. The van der Waals surface area contributed by atoms with Crippen LogP contribution in [0.1, 0.15) is 47.2 Å². The van der Waals surface area contributed by atoms with E-state index in [0.717, 1.165) is 17.7 Å². The third-order valence-corrected chi connectivity index (χ3v) is 8.01. The van der Waals surface area contributed by atoms with Crippen molar-refractivity contribution in [2.45, 2.75) is 32.9 Å². The van der Waals surface area contributed by atoms with E-state index in [9.17, 15) is 9.90 Å². The number of carbonyl (C=O) groups is 1. The number of hydrogen-bond donors (Lipinski definition) is 1. The Labute approximate surface area is 251 Å². The van der Waals surface area contributed by atoms with Crippen molar-refractivity contribution in [3.05, 3.63) is 112 Å². The van der Waals surface area contributed by atoms with Crippen LogP contribution in [-0.4, -0.2) is 38.8 Å². The standard InChI is InChI=1S/C33H28ClF2N3O4/c1-33(2)18-42-17-29(33)39-28-13-20(32(40)41)8-11-27(28)37-30(39)14-21-12-25(36)23(15-24(21)35)26-4-3-5-31(38-26)43-16-19-6-9-22(34)10-7-19/h3-13,15,29H,14,16-18H2,1-2H3,(H,40,41)/t29-/m0/s1. The summed E-state index contributed by atoms with van der Waals surface area (Å²) in [5.41, 5.74) is 2.24. The average Bonchev–Trinajstić information content (AvgIpc) is 3.51. The highest BCUT2D eigenvalue weighted by molar-refractivity contribution is 6.30. The van der Waals surface area contributed by atoms with E-state index in [1.54, 1.807) is 42.5 Å². The maximum absolute atomic E-state index is 15.6. The van der Waals surface area contributed by atoms with Crippen LogP contribution in [0.25, 0.3) is 22.3 Å². The van der Waals surface area contributed by atoms with Gasteiger partial charge < -0.3 is 19.1 Å². The number of carboxylic acid groups (broad SMARTS) is 1. The molecule has 1 saturated heterocycles. The predicted molar refractivity (Wildman–Crippen MR) is 159 cm³/mol. The van der Waals surface area contributed by atoms with Gasteiger partial charge in [-0.2, -0.15) is 0 Å². The number of benzene rings is 3. The Morgan fingerprint density at radius 2 is 1.86 bits per heavy atom. The van der Waals surface area contributed by atoms with Crippen LogP contribution in [0.2, 0.25) is 5.02 Å². The molecule has 1 N–H and O–H groups in total. The van der Waals surface area contributed by atoms with Gasteiger partial charge in [-0.15, -0.1) is 0 Å². The van der Waals surface area contributed by atoms with E-state index in [1.165, 1.54) is 6.07 Å². The van der Waals surface area contributed by atoms with Gasteiger partial charge in [0, 0.05) is 28.5 Å². The van der Waals surface area contributed by atoms with Crippen LogP contribution < -0.4 is 4.74 Å². The fourth-order valence-electron chi connectivity index (χ4n) is 5.40. The summed E-state index contributed by atoms with van der Waals surface area (Å²) in [6, 6.07) is 18.9. The molecule has 0 unspecified atom stereocenters. The minimum Gasteiger partial charge on any atom is -0.478 e. The third-order valence-electron chi connectivity index (χ3n) is 7.76. The number of carboxylic acids is 1. The predicted octanol–water partition coefficient (Wildman–Crippen LogP) is 7.50. The molecule has 1 fully saturated rings. The monoisotopic (exact) mass is 603 g/mol. The lowest BCUT2D eigenvalue weighted by atomic mass is 9.87. The van der Waals surface area contributed by atoms with Crippen LogP contribution in [-0.2, 0) is 17.8 Å². The van der Waals surface area contributed by atoms with Crippen molar-refractivity contribution in [1.29, 1.82) is 0 Å². The normalized spacial score (nSPS) is 16.1. The van der Waals surface area contributed by atoms with Gasteiger partial charge in [-0.25, -0.2) is 23.5 Å². The molecule has 10 heteroatoms. The minimum absolute atomic E-state index is 0.00289. The second-order valence-electron chi connectivity index (χ2n) is 11.3. The molecule has 6 rings (SSSR count). The van der Waals surface area contributed by atoms with E-state index in [0.29, 0.717) is 35.1 Å². The summed E-state index contributed by atoms with van der Waals surface area (Å²) in [6.45, 7) is 5.23. The summed E-state index contributed by atoms with van der Waals surface area (Å²) in [4.78, 5) is 20.8. The number of pyridine rings is 1. The van der Waals surface area contributed by atoms with Crippen LogP contribution in [0.5, 0.6) is 5.88 Å². The van der Waals surface area contributed by atoms with Crippen molar-refractivity contribution in [2.75, 3.05) is 13.2 Å². The van der Waals surface area contributed by atoms with Gasteiger partial charge in [0.25, 0.3) is 0 Å². The SMILES string of the molecule is CC1(C)COC[C@@H]1n1c(Cc2cc(F)c(-c3cccc(OCc4ccc(Cl)cc4)n3)cc2F)nc2ccc(C(=O)O)cc21. The van der Waals surface area contributed by atoms with E-state index < -0.39 is 17.6 Å². The molecule has 3 aromatic carbocycles. The van der Waals surface area contributed by atoms with Crippen molar-refractivity contribution in [3.63, 3.8) is 0 Å². The minimum atomic E-state index is -1.06. The van der Waals surface area contributed by atoms with Gasteiger partial charge in [0.1, 0.15) is 24.1 Å². The van der Waals surface area contributed by atoms with Crippen molar-refractivity contribution in [2.24, 2.45) is 5.41 Å². The van der Waals surface area contributed by atoms with Crippen LogP contribution in [0.15, 0.2) is 72.8 Å². The number of aromatic carboxylic acids is 1. The molecular formula is C33H28ClF2N3O4. The number of fused-ring (bicyclic) bond motifs is 1. The lowest BCUT2D eigenvalue weighted by Crippen LogP contribution is -2.27. The summed E-state index contributed by atoms with van der Waals surface area (Å²) < 4.78 is 44.6. The number of imidazole rings is 1. The zero-order valence-corrected chi connectivity index (χ0v) is 24.2. The highest BCUT2D eigenvalue weighted by Gasteiger charge is 2.39. The Hall–Kier alpha value is -4.34. The molecule has 0 radical (unpaired) electrons. The van der Waals surface area contributed by atoms with Crippen molar-refractivity contribution in [3.8, 4) is 17.1 Å². The zero-order valence-electron chi connectivity index (χ0n) is 23.5. The molecule has 1 atom stereocenters. The molecule has 3 heterocycles. The molecule has 0 amide bonds. The van der Waals surface area contributed by atoms with Gasteiger partial charge in [-0.05, 0) is 59.7 Å². The van der Waals surface area contributed by atoms with Gasteiger partial charge in [-0.1, -0.05) is 43.6 Å². The Balaban J connectivity index is 1.32. The quantitative estimate of drug-likeness (QED) is 0.198. The van der Waals surface area contributed by atoms with E-state index in [2.05, 4.69) is 18.8 Å². The molecule has 5 aromatic rings. The second kappa shape index (κ2) is 11.4. The van der Waals surface area contributed by atoms with E-state index in [4.69, 9.17) is 26.1 Å². The first-order valence-electron chi connectivity index (χ1n) is 13.7. The number of halogens is 3. The molecule has 0 saturated carbocycles. The zero-order chi connectivity index (χ0) is 30.3. The summed E-state index contributed by atoms with van der Waals surface area (Å²) in [5, 5.41) is 10.2. The van der Waals surface area contributed by atoms with Gasteiger partial charge in [0.15, 0.2) is 0 Å². The average molecular weight is 604 g/mol.